The van der Waals surface area contributed by atoms with Gasteiger partial charge in [-0.25, -0.2) is 0 Å². The van der Waals surface area contributed by atoms with Gasteiger partial charge in [0, 0.05) is 0 Å². The molecule has 0 aromatic rings. The molecule has 0 unspecified atom stereocenters. The molecule has 0 atom stereocenters. The molecule has 0 heterocycles. The Labute approximate surface area is 66.0 Å². The molecule has 0 N–H and O–H groups in total. The van der Waals surface area contributed by atoms with Crippen LogP contribution in [0.3, 0.4) is 0 Å². The number of hydrogen-bond acceptors (Lipinski definition) is 0. The SMILES string of the molecule is C1CCC1.CCC(C)CC. The monoisotopic (exact) mass is 142 g/mol. The van der Waals surface area contributed by atoms with Gasteiger partial charge in [0.2, 0.25) is 0 Å². The van der Waals surface area contributed by atoms with Crippen molar-refractivity contribution in [1.82, 2.24) is 0 Å². The van der Waals surface area contributed by atoms with Crippen LogP contribution in [-0.4, -0.2) is 0 Å². The second-order valence-electron chi connectivity index (χ2n) is 3.34. The molecule has 0 aromatic carbocycles. The van der Waals surface area contributed by atoms with Crippen LogP contribution in [0.5, 0.6) is 0 Å². The van der Waals surface area contributed by atoms with Gasteiger partial charge in [-0.15, -0.1) is 0 Å². The smallest absolute Gasteiger partial charge is 0.0448 e. The van der Waals surface area contributed by atoms with Crippen molar-refractivity contribution in [2.75, 3.05) is 0 Å². The predicted molar refractivity (Wildman–Crippen MR) is 48.2 cm³/mol. The Hall–Kier alpha value is 0. The topological polar surface area (TPSA) is 0 Å². The first-order chi connectivity index (χ1) is 4.81. The van der Waals surface area contributed by atoms with Crippen molar-refractivity contribution in [3.05, 3.63) is 0 Å². The van der Waals surface area contributed by atoms with Crippen LogP contribution >= 0.6 is 0 Å². The predicted octanol–water partition coefficient (Wildman–Crippen LogP) is 4.00. The van der Waals surface area contributed by atoms with Crippen LogP contribution in [0.15, 0.2) is 0 Å². The zero-order valence-corrected chi connectivity index (χ0v) is 7.82. The molecule has 0 amide bonds. The van der Waals surface area contributed by atoms with Crippen molar-refractivity contribution in [2.45, 2.75) is 59.3 Å². The molecule has 1 rings (SSSR count). The maximum Gasteiger partial charge on any atom is -0.0448 e. The molecule has 0 radical (unpaired) electrons. The van der Waals surface area contributed by atoms with E-state index in [1.54, 1.807) is 0 Å². The van der Waals surface area contributed by atoms with Crippen LogP contribution in [0.2, 0.25) is 0 Å². The Morgan fingerprint density at radius 2 is 1.20 bits per heavy atom. The fourth-order valence-corrected chi connectivity index (χ4v) is 0.539. The molecule has 1 aliphatic carbocycles. The molecule has 1 fully saturated rings. The summed E-state index contributed by atoms with van der Waals surface area (Å²) in [6.07, 6.45) is 8.66. The molecule has 10 heavy (non-hydrogen) atoms. The minimum Gasteiger partial charge on any atom is -0.0651 e. The highest BCUT2D eigenvalue weighted by molar-refractivity contribution is 4.50. The van der Waals surface area contributed by atoms with E-state index >= 15 is 0 Å². The third-order valence-electron chi connectivity index (χ3n) is 2.39. The molecule has 0 nitrogen and oxygen atoms in total. The zero-order chi connectivity index (χ0) is 7.82. The van der Waals surface area contributed by atoms with E-state index in [0.717, 1.165) is 5.92 Å². The van der Waals surface area contributed by atoms with Gasteiger partial charge in [-0.2, -0.15) is 0 Å². The Morgan fingerprint density at radius 3 is 1.20 bits per heavy atom. The van der Waals surface area contributed by atoms with Crippen molar-refractivity contribution in [3.63, 3.8) is 0 Å². The molecule has 1 saturated carbocycles. The molecule has 0 saturated heterocycles. The second-order valence-corrected chi connectivity index (χ2v) is 3.34. The minimum absolute atomic E-state index is 0.935. The summed E-state index contributed by atoms with van der Waals surface area (Å²) in [5.41, 5.74) is 0. The molecule has 0 heteroatoms. The maximum absolute atomic E-state index is 2.28. The van der Waals surface area contributed by atoms with Crippen LogP contribution < -0.4 is 0 Å². The van der Waals surface area contributed by atoms with E-state index in [0.29, 0.717) is 0 Å². The van der Waals surface area contributed by atoms with Gasteiger partial charge >= 0.3 is 0 Å². The summed E-state index contributed by atoms with van der Waals surface area (Å²) in [7, 11) is 0. The van der Waals surface area contributed by atoms with E-state index in [2.05, 4.69) is 20.8 Å². The molecular formula is C10H22. The zero-order valence-electron chi connectivity index (χ0n) is 7.82. The largest absolute Gasteiger partial charge is 0.0651 e. The lowest BCUT2D eigenvalue weighted by atomic mass is 10.0. The quantitative estimate of drug-likeness (QED) is 0.546. The molecule has 62 valence electrons. The lowest BCUT2D eigenvalue weighted by Crippen LogP contribution is -1.85. The van der Waals surface area contributed by atoms with Gasteiger partial charge < -0.3 is 0 Å². The first-order valence-corrected chi connectivity index (χ1v) is 4.81. The van der Waals surface area contributed by atoms with Crippen molar-refractivity contribution >= 4 is 0 Å². The average Bonchev–Trinajstić information content (AvgIpc) is 1.83. The average molecular weight is 142 g/mol. The fourth-order valence-electron chi connectivity index (χ4n) is 0.539. The first kappa shape index (κ1) is 10.0. The van der Waals surface area contributed by atoms with Gasteiger partial charge in [0.25, 0.3) is 0 Å². The van der Waals surface area contributed by atoms with E-state index in [1.165, 1.54) is 38.5 Å². The minimum atomic E-state index is 0.935. The standard InChI is InChI=1S/C6H14.C4H8/c1-4-6(3)5-2;1-2-4-3-1/h6H,4-5H2,1-3H3;1-4H2. The van der Waals surface area contributed by atoms with Crippen LogP contribution in [0.25, 0.3) is 0 Å². The molecule has 0 bridgehead atoms. The summed E-state index contributed by atoms with van der Waals surface area (Å²) < 4.78 is 0. The fraction of sp³-hybridized carbons (Fsp3) is 1.00. The Morgan fingerprint density at radius 1 is 0.900 bits per heavy atom. The van der Waals surface area contributed by atoms with Crippen LogP contribution in [0.4, 0.5) is 0 Å². The Kier molecular flexibility index (Phi) is 7.11. The Balaban J connectivity index is 0.000000172. The van der Waals surface area contributed by atoms with E-state index in [1.807, 2.05) is 0 Å². The van der Waals surface area contributed by atoms with Crippen molar-refractivity contribution in [2.24, 2.45) is 5.92 Å². The van der Waals surface area contributed by atoms with Crippen molar-refractivity contribution < 1.29 is 0 Å². The van der Waals surface area contributed by atoms with Crippen LogP contribution in [0, 0.1) is 5.92 Å². The van der Waals surface area contributed by atoms with Gasteiger partial charge in [-0.05, 0) is 5.92 Å². The summed E-state index contributed by atoms with van der Waals surface area (Å²) in [6, 6.07) is 0. The lowest BCUT2D eigenvalue weighted by molar-refractivity contribution is 0.504. The second kappa shape index (κ2) is 7.11. The van der Waals surface area contributed by atoms with Crippen molar-refractivity contribution in [1.29, 1.82) is 0 Å². The normalized spacial score (nSPS) is 15.6. The third kappa shape index (κ3) is 6.12. The molecule has 1 aliphatic rings. The summed E-state index contributed by atoms with van der Waals surface area (Å²) >= 11 is 0. The number of rotatable bonds is 2. The molecule has 0 aliphatic heterocycles. The molecular weight excluding hydrogens is 120 g/mol. The molecule has 0 spiro atoms. The van der Waals surface area contributed by atoms with E-state index < -0.39 is 0 Å². The van der Waals surface area contributed by atoms with E-state index in [4.69, 9.17) is 0 Å². The Bertz CT molecular complexity index is 45.1. The number of hydrogen-bond donors (Lipinski definition) is 0. The first-order valence-electron chi connectivity index (χ1n) is 4.81. The van der Waals surface area contributed by atoms with Gasteiger partial charge in [-0.1, -0.05) is 59.3 Å². The van der Waals surface area contributed by atoms with Gasteiger partial charge in [0.1, 0.15) is 0 Å². The van der Waals surface area contributed by atoms with Crippen molar-refractivity contribution in [3.8, 4) is 0 Å². The highest BCUT2D eigenvalue weighted by Crippen LogP contribution is 2.15. The van der Waals surface area contributed by atoms with E-state index in [-0.39, 0.29) is 0 Å². The maximum atomic E-state index is 2.28. The van der Waals surface area contributed by atoms with Gasteiger partial charge in [0.05, 0.1) is 0 Å². The van der Waals surface area contributed by atoms with Gasteiger partial charge in [0.15, 0.2) is 0 Å². The third-order valence-corrected chi connectivity index (χ3v) is 2.39. The highest BCUT2D eigenvalue weighted by atomic mass is 14.0. The summed E-state index contributed by atoms with van der Waals surface area (Å²) in [5, 5.41) is 0. The summed E-state index contributed by atoms with van der Waals surface area (Å²) in [6.45, 7) is 6.74. The van der Waals surface area contributed by atoms with Crippen LogP contribution in [0.1, 0.15) is 59.3 Å². The van der Waals surface area contributed by atoms with Crippen LogP contribution in [-0.2, 0) is 0 Å². The summed E-state index contributed by atoms with van der Waals surface area (Å²) in [5.74, 6) is 0.935. The summed E-state index contributed by atoms with van der Waals surface area (Å²) in [4.78, 5) is 0. The lowest BCUT2D eigenvalue weighted by Gasteiger charge is -2.05. The van der Waals surface area contributed by atoms with Gasteiger partial charge in [-0.3, -0.25) is 0 Å². The molecule has 0 aromatic heterocycles. The van der Waals surface area contributed by atoms with E-state index in [9.17, 15) is 0 Å². The highest BCUT2D eigenvalue weighted by Gasteiger charge is 1.95.